The summed E-state index contributed by atoms with van der Waals surface area (Å²) in [7, 11) is -2.53. The first kappa shape index (κ1) is 22.2. The molecule has 1 amide bonds. The van der Waals surface area contributed by atoms with Gasteiger partial charge in [0.2, 0.25) is 0 Å². The number of ether oxygens (including phenoxy) is 2. The van der Waals surface area contributed by atoms with Gasteiger partial charge in [-0.05, 0) is 62.7 Å². The van der Waals surface area contributed by atoms with Crippen LogP contribution in [0.5, 0.6) is 5.75 Å². The van der Waals surface area contributed by atoms with Crippen LogP contribution in [0.2, 0.25) is 0 Å². The Bertz CT molecular complexity index is 987. The Morgan fingerprint density at radius 2 is 1.76 bits per heavy atom. The van der Waals surface area contributed by atoms with Crippen molar-refractivity contribution >= 4 is 27.6 Å². The van der Waals surface area contributed by atoms with E-state index >= 15 is 0 Å². The van der Waals surface area contributed by atoms with Gasteiger partial charge in [-0.2, -0.15) is 0 Å². The molecular weight excluding hydrogens is 396 g/mol. The zero-order chi connectivity index (χ0) is 21.6. The van der Waals surface area contributed by atoms with Crippen LogP contribution in [0.1, 0.15) is 29.8 Å². The molecule has 0 heterocycles. The van der Waals surface area contributed by atoms with Crippen LogP contribution < -0.4 is 14.8 Å². The molecule has 0 bridgehead atoms. The molecule has 2 rings (SSSR count). The minimum absolute atomic E-state index is 0.0263. The predicted octanol–water partition coefficient (Wildman–Crippen LogP) is 2.49. The summed E-state index contributed by atoms with van der Waals surface area (Å²) in [6.07, 6.45) is -1.00. The molecule has 0 aliphatic carbocycles. The van der Waals surface area contributed by atoms with Crippen molar-refractivity contribution in [1.29, 1.82) is 0 Å². The molecule has 1 atom stereocenters. The normalized spacial score (nSPS) is 12.0. The number of carbonyl (C=O) groups excluding carboxylic acids is 2. The SMILES string of the molecule is CCOc1ccc(NS(=O)(=O)c2cc(C(=O)O[C@@H](C)C(=O)NC)ccc2C)cc1. The molecule has 0 aliphatic rings. The number of esters is 1. The first-order chi connectivity index (χ1) is 13.7. The summed E-state index contributed by atoms with van der Waals surface area (Å²) in [4.78, 5) is 23.8. The Hall–Kier alpha value is -3.07. The summed E-state index contributed by atoms with van der Waals surface area (Å²) >= 11 is 0. The monoisotopic (exact) mass is 420 g/mol. The quantitative estimate of drug-likeness (QED) is 0.635. The van der Waals surface area contributed by atoms with Gasteiger partial charge in [0.05, 0.1) is 17.1 Å². The van der Waals surface area contributed by atoms with Crippen molar-refractivity contribution in [2.75, 3.05) is 18.4 Å². The maximum atomic E-state index is 12.8. The van der Waals surface area contributed by atoms with Gasteiger partial charge >= 0.3 is 5.97 Å². The van der Waals surface area contributed by atoms with Crippen molar-refractivity contribution in [3.8, 4) is 5.75 Å². The molecule has 0 saturated carbocycles. The van der Waals surface area contributed by atoms with Crippen molar-refractivity contribution in [2.24, 2.45) is 0 Å². The smallest absolute Gasteiger partial charge is 0.338 e. The highest BCUT2D eigenvalue weighted by Crippen LogP contribution is 2.23. The van der Waals surface area contributed by atoms with Gasteiger partial charge in [0, 0.05) is 12.7 Å². The van der Waals surface area contributed by atoms with Crippen LogP contribution in [0.15, 0.2) is 47.4 Å². The molecule has 0 spiro atoms. The number of aryl methyl sites for hydroxylation is 1. The number of likely N-dealkylation sites (N-methyl/N-ethyl adjacent to an activating group) is 1. The Kier molecular flexibility index (Phi) is 7.22. The topological polar surface area (TPSA) is 111 Å². The van der Waals surface area contributed by atoms with Crippen LogP contribution in [0.3, 0.4) is 0 Å². The third-order valence-electron chi connectivity index (χ3n) is 4.03. The first-order valence-corrected chi connectivity index (χ1v) is 10.4. The minimum Gasteiger partial charge on any atom is -0.494 e. The summed E-state index contributed by atoms with van der Waals surface area (Å²) in [6.45, 7) is 5.41. The number of benzene rings is 2. The molecule has 0 saturated heterocycles. The van der Waals surface area contributed by atoms with Crippen molar-refractivity contribution in [3.63, 3.8) is 0 Å². The summed E-state index contributed by atoms with van der Waals surface area (Å²) in [5.41, 5.74) is 0.840. The number of amides is 1. The van der Waals surface area contributed by atoms with E-state index < -0.39 is 28.0 Å². The van der Waals surface area contributed by atoms with Gasteiger partial charge in [-0.3, -0.25) is 9.52 Å². The molecule has 0 aromatic heterocycles. The standard InChI is InChI=1S/C20H24N2O6S/c1-5-27-17-10-8-16(9-11-17)22-29(25,26)18-12-15(7-6-13(18)2)20(24)28-14(3)19(23)21-4/h6-12,14,22H,5H2,1-4H3,(H,21,23)/t14-/m0/s1. The number of nitrogens with one attached hydrogen (secondary N) is 2. The summed E-state index contributed by atoms with van der Waals surface area (Å²) in [5, 5.41) is 2.37. The molecule has 2 aromatic rings. The molecular formula is C20H24N2O6S. The summed E-state index contributed by atoms with van der Waals surface area (Å²) in [5.74, 6) is -0.629. The van der Waals surface area contributed by atoms with Gasteiger partial charge in [-0.25, -0.2) is 13.2 Å². The number of hydrogen-bond donors (Lipinski definition) is 2. The second-order valence-electron chi connectivity index (χ2n) is 6.20. The van der Waals surface area contributed by atoms with E-state index in [0.29, 0.717) is 23.6 Å². The van der Waals surface area contributed by atoms with Gasteiger partial charge in [0.1, 0.15) is 5.75 Å². The van der Waals surface area contributed by atoms with Gasteiger partial charge in [-0.15, -0.1) is 0 Å². The van der Waals surface area contributed by atoms with Gasteiger partial charge in [0.15, 0.2) is 6.10 Å². The molecule has 0 unspecified atom stereocenters. The fourth-order valence-electron chi connectivity index (χ4n) is 2.50. The highest BCUT2D eigenvalue weighted by Gasteiger charge is 2.22. The molecule has 156 valence electrons. The highest BCUT2D eigenvalue weighted by molar-refractivity contribution is 7.92. The maximum Gasteiger partial charge on any atom is 0.338 e. The summed E-state index contributed by atoms with van der Waals surface area (Å²) in [6, 6.07) is 10.7. The van der Waals surface area contributed by atoms with E-state index in [-0.39, 0.29) is 10.5 Å². The lowest BCUT2D eigenvalue weighted by Gasteiger charge is -2.14. The van der Waals surface area contributed by atoms with E-state index in [0.717, 1.165) is 0 Å². The number of sulfonamides is 1. The maximum absolute atomic E-state index is 12.8. The van der Waals surface area contributed by atoms with Gasteiger partial charge in [0.25, 0.3) is 15.9 Å². The molecule has 29 heavy (non-hydrogen) atoms. The molecule has 8 nitrogen and oxygen atoms in total. The second-order valence-corrected chi connectivity index (χ2v) is 7.86. The number of hydrogen-bond acceptors (Lipinski definition) is 6. The van der Waals surface area contributed by atoms with E-state index in [1.54, 1.807) is 31.2 Å². The van der Waals surface area contributed by atoms with Crippen LogP contribution in [-0.2, 0) is 19.6 Å². The van der Waals surface area contributed by atoms with E-state index in [4.69, 9.17) is 9.47 Å². The minimum atomic E-state index is -3.95. The number of carbonyl (C=O) groups is 2. The van der Waals surface area contributed by atoms with E-state index in [2.05, 4.69) is 10.0 Å². The van der Waals surface area contributed by atoms with Crippen molar-refractivity contribution in [2.45, 2.75) is 31.8 Å². The van der Waals surface area contributed by atoms with E-state index in [9.17, 15) is 18.0 Å². The Balaban J connectivity index is 2.25. The molecule has 2 N–H and O–H groups in total. The van der Waals surface area contributed by atoms with Gasteiger partial charge < -0.3 is 14.8 Å². The predicted molar refractivity (Wildman–Crippen MR) is 109 cm³/mol. The lowest BCUT2D eigenvalue weighted by atomic mass is 10.1. The lowest BCUT2D eigenvalue weighted by Crippen LogP contribution is -2.33. The lowest BCUT2D eigenvalue weighted by molar-refractivity contribution is -0.128. The zero-order valence-electron chi connectivity index (χ0n) is 16.7. The van der Waals surface area contributed by atoms with Crippen LogP contribution in [-0.4, -0.2) is 40.1 Å². The van der Waals surface area contributed by atoms with Gasteiger partial charge in [-0.1, -0.05) is 6.07 Å². The average Bonchev–Trinajstić information content (AvgIpc) is 2.68. The number of anilines is 1. The van der Waals surface area contributed by atoms with Crippen LogP contribution in [0.4, 0.5) is 5.69 Å². The molecule has 0 aliphatic heterocycles. The Labute approximate surface area is 170 Å². The fraction of sp³-hybridized carbons (Fsp3) is 0.300. The fourth-order valence-corrected chi connectivity index (χ4v) is 3.83. The largest absolute Gasteiger partial charge is 0.494 e. The Morgan fingerprint density at radius 3 is 2.34 bits per heavy atom. The average molecular weight is 420 g/mol. The highest BCUT2D eigenvalue weighted by atomic mass is 32.2. The molecule has 2 aromatic carbocycles. The van der Waals surface area contributed by atoms with Crippen molar-refractivity contribution < 1.29 is 27.5 Å². The third kappa shape index (κ3) is 5.71. The van der Waals surface area contributed by atoms with Crippen LogP contribution >= 0.6 is 0 Å². The van der Waals surface area contributed by atoms with Crippen LogP contribution in [0, 0.1) is 6.92 Å². The zero-order valence-corrected chi connectivity index (χ0v) is 17.5. The molecule has 9 heteroatoms. The van der Waals surface area contributed by atoms with Crippen molar-refractivity contribution in [3.05, 3.63) is 53.6 Å². The molecule has 0 fully saturated rings. The van der Waals surface area contributed by atoms with Crippen LogP contribution in [0.25, 0.3) is 0 Å². The third-order valence-corrected chi connectivity index (χ3v) is 5.55. The summed E-state index contributed by atoms with van der Waals surface area (Å²) < 4.78 is 38.5. The second kappa shape index (κ2) is 9.42. The first-order valence-electron chi connectivity index (χ1n) is 8.96. The van der Waals surface area contributed by atoms with E-state index in [1.165, 1.54) is 32.2 Å². The van der Waals surface area contributed by atoms with Crippen molar-refractivity contribution in [1.82, 2.24) is 5.32 Å². The Morgan fingerprint density at radius 1 is 1.10 bits per heavy atom. The molecule has 0 radical (unpaired) electrons. The van der Waals surface area contributed by atoms with E-state index in [1.807, 2.05) is 6.92 Å². The number of rotatable bonds is 8.